The first-order chi connectivity index (χ1) is 10.4. The lowest BCUT2D eigenvalue weighted by Gasteiger charge is -2.03. The van der Waals surface area contributed by atoms with E-state index in [0.717, 1.165) is 5.69 Å². The lowest BCUT2D eigenvalue weighted by molar-refractivity contribution is -0.383. The van der Waals surface area contributed by atoms with Crippen LogP contribution in [0.5, 0.6) is 0 Å². The Balaban J connectivity index is 0.000000224. The molecule has 2 aromatic carbocycles. The summed E-state index contributed by atoms with van der Waals surface area (Å²) in [5.74, 6) is 0. The van der Waals surface area contributed by atoms with Gasteiger partial charge in [0.1, 0.15) is 5.69 Å². The number of halogens is 2. The third-order valence-corrected chi connectivity index (χ3v) is 3.18. The zero-order chi connectivity index (χ0) is 16.7. The Bertz CT molecular complexity index is 665. The van der Waals surface area contributed by atoms with Gasteiger partial charge in [0.05, 0.1) is 16.3 Å². The van der Waals surface area contributed by atoms with E-state index >= 15 is 0 Å². The monoisotopic (exact) mass is 342 g/mol. The molecular formula is C14H16Cl2N4O2. The molecule has 2 aromatic rings. The van der Waals surface area contributed by atoms with Crippen LogP contribution in [0.1, 0.15) is 0 Å². The summed E-state index contributed by atoms with van der Waals surface area (Å²) in [7, 11) is 3.42. The lowest BCUT2D eigenvalue weighted by Crippen LogP contribution is -1.95. The predicted molar refractivity (Wildman–Crippen MR) is 93.1 cm³/mol. The summed E-state index contributed by atoms with van der Waals surface area (Å²) >= 11 is 11.3. The van der Waals surface area contributed by atoms with E-state index in [-0.39, 0.29) is 5.69 Å². The van der Waals surface area contributed by atoms with Gasteiger partial charge in [0.15, 0.2) is 0 Å². The third-order valence-electron chi connectivity index (χ3n) is 2.71. The van der Waals surface area contributed by atoms with Crippen molar-refractivity contribution in [1.29, 1.82) is 0 Å². The molecule has 0 spiro atoms. The Hall–Kier alpha value is -2.18. The molecule has 0 amide bonds. The van der Waals surface area contributed by atoms with Crippen LogP contribution >= 0.6 is 23.2 Å². The van der Waals surface area contributed by atoms with Gasteiger partial charge in [0.2, 0.25) is 0 Å². The van der Waals surface area contributed by atoms with Crippen LogP contribution in [0, 0.1) is 10.1 Å². The number of nitrogens with two attached hydrogens (primary N) is 1. The number of nitro groups is 1. The molecular weight excluding hydrogens is 327 g/mol. The van der Waals surface area contributed by atoms with E-state index in [1.165, 1.54) is 18.2 Å². The van der Waals surface area contributed by atoms with Gasteiger partial charge >= 0.3 is 0 Å². The van der Waals surface area contributed by atoms with Crippen LogP contribution in [0.4, 0.5) is 22.7 Å². The fraction of sp³-hybridized carbons (Fsp3) is 0.143. The van der Waals surface area contributed by atoms with Crippen molar-refractivity contribution in [3.8, 4) is 0 Å². The zero-order valence-electron chi connectivity index (χ0n) is 12.1. The summed E-state index contributed by atoms with van der Waals surface area (Å²) < 4.78 is 0. The number of anilines is 3. The first kappa shape index (κ1) is 17.9. The summed E-state index contributed by atoms with van der Waals surface area (Å²) in [6.45, 7) is 0. The number of nitro benzene ring substituents is 1. The fourth-order valence-electron chi connectivity index (χ4n) is 1.61. The van der Waals surface area contributed by atoms with Crippen molar-refractivity contribution in [2.75, 3.05) is 30.5 Å². The molecule has 6 nitrogen and oxygen atoms in total. The highest BCUT2D eigenvalue weighted by atomic mass is 35.5. The molecule has 0 heterocycles. The van der Waals surface area contributed by atoms with E-state index in [2.05, 4.69) is 10.6 Å². The maximum atomic E-state index is 10.4. The smallest absolute Gasteiger partial charge is 0.292 e. The highest BCUT2D eigenvalue weighted by Gasteiger charge is 2.11. The maximum Gasteiger partial charge on any atom is 0.292 e. The zero-order valence-corrected chi connectivity index (χ0v) is 13.6. The van der Waals surface area contributed by atoms with Crippen LogP contribution in [-0.4, -0.2) is 19.0 Å². The number of rotatable bonds is 3. The minimum Gasteiger partial charge on any atom is -0.397 e. The second-order valence-corrected chi connectivity index (χ2v) is 5.02. The first-order valence-electron chi connectivity index (χ1n) is 6.23. The van der Waals surface area contributed by atoms with Crippen molar-refractivity contribution in [3.63, 3.8) is 0 Å². The Morgan fingerprint density at radius 2 is 1.50 bits per heavy atom. The first-order valence-corrected chi connectivity index (χ1v) is 6.99. The average Bonchev–Trinajstić information content (AvgIpc) is 2.49. The molecule has 0 bridgehead atoms. The third kappa shape index (κ3) is 4.98. The van der Waals surface area contributed by atoms with Gasteiger partial charge in [-0.1, -0.05) is 23.2 Å². The molecule has 0 fully saturated rings. The lowest BCUT2D eigenvalue weighted by atomic mass is 10.3. The molecule has 0 aliphatic carbocycles. The molecule has 22 heavy (non-hydrogen) atoms. The average molecular weight is 343 g/mol. The normalized spacial score (nSPS) is 9.45. The molecule has 8 heteroatoms. The number of hydrogen-bond acceptors (Lipinski definition) is 5. The fourth-order valence-corrected chi connectivity index (χ4v) is 1.96. The molecule has 118 valence electrons. The van der Waals surface area contributed by atoms with E-state index in [1.807, 2.05) is 7.05 Å². The summed E-state index contributed by atoms with van der Waals surface area (Å²) in [5, 5.41) is 17.2. The van der Waals surface area contributed by atoms with Gasteiger partial charge in [-0.2, -0.15) is 0 Å². The summed E-state index contributed by atoms with van der Waals surface area (Å²) in [6, 6.07) is 9.69. The van der Waals surface area contributed by atoms with Gasteiger partial charge in [0, 0.05) is 30.2 Å². The minimum atomic E-state index is -0.456. The molecule has 0 radical (unpaired) electrons. The highest BCUT2D eigenvalue weighted by Crippen LogP contribution is 2.26. The number of hydrogen-bond donors (Lipinski definition) is 3. The van der Waals surface area contributed by atoms with E-state index in [0.29, 0.717) is 21.4 Å². The SMILES string of the molecule is CNc1cc(Cl)ccc1N.CNc1cc(Cl)ccc1[N+](=O)[O-]. The van der Waals surface area contributed by atoms with Crippen LogP contribution in [0.15, 0.2) is 36.4 Å². The molecule has 0 aliphatic heterocycles. The van der Waals surface area contributed by atoms with Crippen LogP contribution in [0.3, 0.4) is 0 Å². The second-order valence-electron chi connectivity index (χ2n) is 4.15. The second kappa shape index (κ2) is 8.31. The Morgan fingerprint density at radius 1 is 1.00 bits per heavy atom. The van der Waals surface area contributed by atoms with Crippen molar-refractivity contribution < 1.29 is 4.92 Å². The Kier molecular flexibility index (Phi) is 6.75. The quantitative estimate of drug-likeness (QED) is 0.440. The number of nitrogen functional groups attached to an aromatic ring is 1. The van der Waals surface area contributed by atoms with E-state index in [9.17, 15) is 10.1 Å². The molecule has 0 unspecified atom stereocenters. The van der Waals surface area contributed by atoms with Crippen LogP contribution in [-0.2, 0) is 0 Å². The largest absolute Gasteiger partial charge is 0.397 e. The molecule has 0 saturated carbocycles. The van der Waals surface area contributed by atoms with Crippen molar-refractivity contribution in [2.45, 2.75) is 0 Å². The van der Waals surface area contributed by atoms with Gasteiger partial charge < -0.3 is 16.4 Å². The summed E-state index contributed by atoms with van der Waals surface area (Å²) in [4.78, 5) is 9.96. The van der Waals surface area contributed by atoms with Gasteiger partial charge in [-0.05, 0) is 30.3 Å². The number of nitrogens with one attached hydrogen (secondary N) is 2. The van der Waals surface area contributed by atoms with Crippen LogP contribution in [0.25, 0.3) is 0 Å². The Labute approximate surface area is 138 Å². The molecule has 0 aliphatic rings. The molecule has 0 aromatic heterocycles. The maximum absolute atomic E-state index is 10.4. The summed E-state index contributed by atoms with van der Waals surface area (Å²) in [6.07, 6.45) is 0. The summed E-state index contributed by atoms with van der Waals surface area (Å²) in [5.41, 5.74) is 7.61. The van der Waals surface area contributed by atoms with Gasteiger partial charge in [-0.25, -0.2) is 0 Å². The standard InChI is InChI=1S/C7H7ClN2O2.C7H9ClN2/c1-9-6-4-5(8)2-3-7(6)10(11)12;1-10-7-4-5(8)2-3-6(7)9/h2-4,9H,1H3;2-4,10H,9H2,1H3. The van der Waals surface area contributed by atoms with Crippen LogP contribution < -0.4 is 16.4 Å². The van der Waals surface area contributed by atoms with Crippen LogP contribution in [0.2, 0.25) is 10.0 Å². The molecule has 0 atom stereocenters. The van der Waals surface area contributed by atoms with Crippen molar-refractivity contribution in [3.05, 3.63) is 56.6 Å². The van der Waals surface area contributed by atoms with Crippen molar-refractivity contribution in [2.24, 2.45) is 0 Å². The van der Waals surface area contributed by atoms with E-state index in [1.54, 1.807) is 25.2 Å². The van der Waals surface area contributed by atoms with Gasteiger partial charge in [-0.3, -0.25) is 10.1 Å². The Morgan fingerprint density at radius 3 is 1.95 bits per heavy atom. The molecule has 4 N–H and O–H groups in total. The van der Waals surface area contributed by atoms with E-state index < -0.39 is 4.92 Å². The molecule has 0 saturated heterocycles. The van der Waals surface area contributed by atoms with E-state index in [4.69, 9.17) is 28.9 Å². The highest BCUT2D eigenvalue weighted by molar-refractivity contribution is 6.31. The number of benzene rings is 2. The predicted octanol–water partition coefficient (Wildman–Crippen LogP) is 4.25. The number of nitrogens with zero attached hydrogens (tertiary/aromatic N) is 1. The van der Waals surface area contributed by atoms with Crippen molar-refractivity contribution >= 4 is 46.0 Å². The topological polar surface area (TPSA) is 93.2 Å². The van der Waals surface area contributed by atoms with Gasteiger partial charge in [-0.15, -0.1) is 0 Å². The minimum absolute atomic E-state index is 0.0295. The van der Waals surface area contributed by atoms with Crippen molar-refractivity contribution in [1.82, 2.24) is 0 Å². The van der Waals surface area contributed by atoms with Gasteiger partial charge in [0.25, 0.3) is 5.69 Å². The molecule has 2 rings (SSSR count).